The molecule has 3 nitrogen and oxygen atoms in total. The number of aliphatic hydroxyl groups is 1. The van der Waals surface area contributed by atoms with Crippen LogP contribution in [0, 0.1) is 0 Å². The third-order valence-corrected chi connectivity index (χ3v) is 2.18. The van der Waals surface area contributed by atoms with E-state index in [1.165, 1.54) is 0 Å². The van der Waals surface area contributed by atoms with Crippen molar-refractivity contribution >= 4 is 0 Å². The Morgan fingerprint density at radius 1 is 0.889 bits per heavy atom. The second-order valence-electron chi connectivity index (χ2n) is 3.71. The normalized spacial score (nSPS) is 13.7. The Kier molecular flexibility index (Phi) is 3.79. The summed E-state index contributed by atoms with van der Waals surface area (Å²) in [6, 6.07) is 14.0. The van der Waals surface area contributed by atoms with Gasteiger partial charge in [0.1, 0.15) is 11.5 Å². The minimum Gasteiger partial charge on any atom is -0.483 e. The molecule has 0 radical (unpaired) electrons. The molecular formula is C14H13FO3. The molecule has 0 saturated carbocycles. The molecule has 1 N–H and O–H groups in total. The summed E-state index contributed by atoms with van der Waals surface area (Å²) in [6.07, 6.45) is 0. The predicted molar refractivity (Wildman–Crippen MR) is 65.1 cm³/mol. The zero-order chi connectivity index (χ0) is 12.8. The maximum atomic E-state index is 13.7. The van der Waals surface area contributed by atoms with Crippen LogP contribution in [0.2, 0.25) is 0 Å². The van der Waals surface area contributed by atoms with Gasteiger partial charge >= 0.3 is 6.04 Å². The van der Waals surface area contributed by atoms with E-state index >= 15 is 0 Å². The lowest BCUT2D eigenvalue weighted by Gasteiger charge is -2.20. The lowest BCUT2D eigenvalue weighted by molar-refractivity contribution is -0.252. The molecule has 0 aliphatic carbocycles. The molecule has 18 heavy (non-hydrogen) atoms. The van der Waals surface area contributed by atoms with Gasteiger partial charge in [-0.15, -0.1) is 0 Å². The molecule has 1 atom stereocenters. The van der Waals surface area contributed by atoms with Crippen LogP contribution in [0.3, 0.4) is 0 Å². The molecule has 2 aromatic rings. The molecule has 0 fully saturated rings. The maximum Gasteiger partial charge on any atom is 0.396 e. The highest BCUT2D eigenvalue weighted by molar-refractivity contribution is 5.22. The number of benzene rings is 2. The van der Waals surface area contributed by atoms with Gasteiger partial charge in [0.25, 0.3) is 0 Å². The van der Waals surface area contributed by atoms with Gasteiger partial charge in [0.2, 0.25) is 0 Å². The van der Waals surface area contributed by atoms with Crippen molar-refractivity contribution < 1.29 is 19.0 Å². The Morgan fingerprint density at radius 2 is 1.39 bits per heavy atom. The number of ether oxygens (including phenoxy) is 2. The Balaban J connectivity index is 1.91. The Morgan fingerprint density at radius 3 is 1.94 bits per heavy atom. The zero-order valence-electron chi connectivity index (χ0n) is 9.62. The number of hydrogen-bond acceptors (Lipinski definition) is 3. The van der Waals surface area contributed by atoms with Crippen LogP contribution in [0.5, 0.6) is 11.5 Å². The molecule has 0 heterocycles. The third kappa shape index (κ3) is 3.75. The van der Waals surface area contributed by atoms with Gasteiger partial charge in [-0.2, -0.15) is 4.39 Å². The third-order valence-electron chi connectivity index (χ3n) is 2.18. The van der Waals surface area contributed by atoms with Gasteiger partial charge in [-0.05, 0) is 24.3 Å². The van der Waals surface area contributed by atoms with Gasteiger partial charge in [-0.3, -0.25) is 0 Å². The van der Waals surface area contributed by atoms with Gasteiger partial charge in [0, 0.05) is 0 Å². The van der Waals surface area contributed by atoms with E-state index in [1.54, 1.807) is 54.6 Å². The summed E-state index contributed by atoms with van der Waals surface area (Å²) in [5.74, 6) is 0.699. The van der Waals surface area contributed by atoms with Gasteiger partial charge in [0.05, 0.1) is 0 Å². The van der Waals surface area contributed by atoms with Crippen molar-refractivity contribution in [1.29, 1.82) is 0 Å². The largest absolute Gasteiger partial charge is 0.483 e. The van der Waals surface area contributed by atoms with Crippen molar-refractivity contribution in [2.75, 3.05) is 6.61 Å². The highest BCUT2D eigenvalue weighted by Crippen LogP contribution is 2.19. The molecule has 0 spiro atoms. The van der Waals surface area contributed by atoms with Crippen LogP contribution in [-0.4, -0.2) is 17.8 Å². The van der Waals surface area contributed by atoms with Crippen LogP contribution in [0.1, 0.15) is 0 Å². The summed E-state index contributed by atoms with van der Waals surface area (Å²) in [5, 5.41) is 9.42. The SMILES string of the molecule is OC(F)(COc1ccccc1)Oc1ccccc1. The van der Waals surface area contributed by atoms with Gasteiger partial charge in [-0.1, -0.05) is 36.4 Å². The summed E-state index contributed by atoms with van der Waals surface area (Å²) in [4.78, 5) is 0. The average Bonchev–Trinajstić information content (AvgIpc) is 2.38. The first-order valence-corrected chi connectivity index (χ1v) is 5.49. The van der Waals surface area contributed by atoms with Crippen molar-refractivity contribution in [2.45, 2.75) is 6.04 Å². The first-order valence-electron chi connectivity index (χ1n) is 5.49. The minimum atomic E-state index is -2.86. The smallest absolute Gasteiger partial charge is 0.396 e. The van der Waals surface area contributed by atoms with E-state index in [4.69, 9.17) is 9.47 Å². The molecule has 0 saturated heterocycles. The Hall–Kier alpha value is -2.07. The predicted octanol–water partition coefficient (Wildman–Crippen LogP) is 2.76. The van der Waals surface area contributed by atoms with E-state index in [-0.39, 0.29) is 5.75 Å². The molecule has 94 valence electrons. The van der Waals surface area contributed by atoms with Crippen LogP contribution >= 0.6 is 0 Å². The fraction of sp³-hybridized carbons (Fsp3) is 0.143. The molecule has 2 aromatic carbocycles. The van der Waals surface area contributed by atoms with Crippen molar-refractivity contribution in [3.63, 3.8) is 0 Å². The molecule has 0 amide bonds. The van der Waals surface area contributed by atoms with Crippen molar-refractivity contribution in [2.24, 2.45) is 0 Å². The fourth-order valence-corrected chi connectivity index (χ4v) is 1.39. The number of hydrogen-bond donors (Lipinski definition) is 1. The summed E-state index contributed by atoms with van der Waals surface area (Å²) < 4.78 is 23.6. The topological polar surface area (TPSA) is 38.7 Å². The molecule has 4 heteroatoms. The van der Waals surface area contributed by atoms with Crippen molar-refractivity contribution in [3.05, 3.63) is 60.7 Å². The molecule has 0 aliphatic rings. The second kappa shape index (κ2) is 5.51. The van der Waals surface area contributed by atoms with Crippen LogP contribution in [0.25, 0.3) is 0 Å². The first-order chi connectivity index (χ1) is 8.66. The van der Waals surface area contributed by atoms with E-state index in [0.717, 1.165) is 0 Å². The van der Waals surface area contributed by atoms with E-state index in [2.05, 4.69) is 0 Å². The van der Waals surface area contributed by atoms with E-state index in [9.17, 15) is 9.50 Å². The van der Waals surface area contributed by atoms with Crippen LogP contribution < -0.4 is 9.47 Å². The molecule has 1 unspecified atom stereocenters. The summed E-state index contributed by atoms with van der Waals surface area (Å²) in [6.45, 7) is -0.605. The summed E-state index contributed by atoms with van der Waals surface area (Å²) >= 11 is 0. The van der Waals surface area contributed by atoms with Crippen LogP contribution in [0.15, 0.2) is 60.7 Å². The van der Waals surface area contributed by atoms with E-state index < -0.39 is 12.6 Å². The highest BCUT2D eigenvalue weighted by atomic mass is 19.2. The van der Waals surface area contributed by atoms with Crippen molar-refractivity contribution in [1.82, 2.24) is 0 Å². The second-order valence-corrected chi connectivity index (χ2v) is 3.71. The molecule has 2 rings (SSSR count). The zero-order valence-corrected chi connectivity index (χ0v) is 9.62. The number of rotatable bonds is 5. The number of para-hydroxylation sites is 2. The standard InChI is InChI=1S/C14H13FO3/c15-14(16,18-13-9-5-2-6-10-13)11-17-12-7-3-1-4-8-12/h1-10,16H,11H2. The monoisotopic (exact) mass is 248 g/mol. The molecule has 0 aromatic heterocycles. The van der Waals surface area contributed by atoms with Gasteiger partial charge < -0.3 is 14.6 Å². The summed E-state index contributed by atoms with van der Waals surface area (Å²) in [7, 11) is 0. The minimum absolute atomic E-state index is 0.235. The quantitative estimate of drug-likeness (QED) is 0.827. The summed E-state index contributed by atoms with van der Waals surface area (Å²) in [5.41, 5.74) is 0. The van der Waals surface area contributed by atoms with Gasteiger partial charge in [-0.25, -0.2) is 0 Å². The van der Waals surface area contributed by atoms with Gasteiger partial charge in [0.15, 0.2) is 6.61 Å². The fourth-order valence-electron chi connectivity index (χ4n) is 1.39. The van der Waals surface area contributed by atoms with Crippen molar-refractivity contribution in [3.8, 4) is 11.5 Å². The molecular weight excluding hydrogens is 235 g/mol. The number of halogens is 1. The van der Waals surface area contributed by atoms with Crippen LogP contribution in [-0.2, 0) is 0 Å². The van der Waals surface area contributed by atoms with Crippen LogP contribution in [0.4, 0.5) is 4.39 Å². The highest BCUT2D eigenvalue weighted by Gasteiger charge is 2.30. The maximum absolute atomic E-state index is 13.7. The average molecular weight is 248 g/mol. The lowest BCUT2D eigenvalue weighted by Crippen LogP contribution is -2.37. The number of alkyl halides is 1. The Bertz CT molecular complexity index is 471. The molecule has 0 bridgehead atoms. The van der Waals surface area contributed by atoms with E-state index in [1.807, 2.05) is 6.07 Å². The Labute approximate surface area is 104 Å². The lowest BCUT2D eigenvalue weighted by atomic mass is 10.3. The first kappa shape index (κ1) is 12.4. The molecule has 0 aliphatic heterocycles. The van der Waals surface area contributed by atoms with E-state index in [0.29, 0.717) is 5.75 Å².